The standard InChI is InChI=1S/C12H12BrN3O3/c1-19-3-2-8-5-15-16(7-8)10-6-14-11(13)4-9(10)12(17)18/h4-7H,2-3H2,1H3,(H,17,18). The lowest BCUT2D eigenvalue weighted by Gasteiger charge is -2.05. The van der Waals surface area contributed by atoms with Crippen molar-refractivity contribution in [3.8, 4) is 5.69 Å². The lowest BCUT2D eigenvalue weighted by Crippen LogP contribution is -2.06. The number of ether oxygens (including phenoxy) is 1. The first kappa shape index (κ1) is 13.7. The maximum atomic E-state index is 11.2. The molecule has 6 nitrogen and oxygen atoms in total. The van der Waals surface area contributed by atoms with Crippen LogP contribution in [0.2, 0.25) is 0 Å². The van der Waals surface area contributed by atoms with Crippen molar-refractivity contribution in [2.24, 2.45) is 0 Å². The van der Waals surface area contributed by atoms with Crippen LogP contribution in [-0.4, -0.2) is 39.6 Å². The molecule has 0 aliphatic rings. The Morgan fingerprint density at radius 2 is 2.32 bits per heavy atom. The molecule has 0 unspecified atom stereocenters. The Morgan fingerprint density at radius 1 is 1.53 bits per heavy atom. The highest BCUT2D eigenvalue weighted by molar-refractivity contribution is 9.10. The molecule has 0 amide bonds. The molecule has 2 heterocycles. The number of methoxy groups -OCH3 is 1. The molecular formula is C12H12BrN3O3. The average molecular weight is 326 g/mol. The normalized spacial score (nSPS) is 10.6. The Balaban J connectivity index is 2.36. The molecule has 2 rings (SSSR count). The van der Waals surface area contributed by atoms with Gasteiger partial charge in [0.2, 0.25) is 0 Å². The van der Waals surface area contributed by atoms with E-state index < -0.39 is 5.97 Å². The molecule has 0 radical (unpaired) electrons. The number of hydrogen-bond acceptors (Lipinski definition) is 4. The van der Waals surface area contributed by atoms with E-state index in [-0.39, 0.29) is 5.56 Å². The average Bonchev–Trinajstić information content (AvgIpc) is 2.84. The molecule has 100 valence electrons. The molecule has 0 aromatic carbocycles. The number of halogens is 1. The summed E-state index contributed by atoms with van der Waals surface area (Å²) in [5.41, 5.74) is 1.55. The molecular weight excluding hydrogens is 314 g/mol. The molecule has 0 fully saturated rings. The summed E-state index contributed by atoms with van der Waals surface area (Å²) in [6.07, 6.45) is 5.66. The molecule has 0 atom stereocenters. The quantitative estimate of drug-likeness (QED) is 0.850. The Hall–Kier alpha value is -1.73. The minimum Gasteiger partial charge on any atom is -0.478 e. The fourth-order valence-electron chi connectivity index (χ4n) is 1.62. The Morgan fingerprint density at radius 3 is 3.00 bits per heavy atom. The highest BCUT2D eigenvalue weighted by Crippen LogP contribution is 2.18. The zero-order valence-electron chi connectivity index (χ0n) is 10.2. The minimum atomic E-state index is -1.02. The summed E-state index contributed by atoms with van der Waals surface area (Å²) in [6, 6.07) is 1.45. The molecule has 0 aliphatic carbocycles. The number of aromatic nitrogens is 3. The molecule has 2 aromatic rings. The number of hydrogen-bond donors (Lipinski definition) is 1. The van der Waals surface area contributed by atoms with Gasteiger partial charge in [-0.25, -0.2) is 14.5 Å². The number of carbonyl (C=O) groups is 1. The number of carboxylic acid groups (broad SMARTS) is 1. The zero-order valence-corrected chi connectivity index (χ0v) is 11.8. The van der Waals surface area contributed by atoms with Crippen molar-refractivity contribution < 1.29 is 14.6 Å². The van der Waals surface area contributed by atoms with Crippen LogP contribution in [0.1, 0.15) is 15.9 Å². The van der Waals surface area contributed by atoms with Crippen LogP contribution in [0, 0.1) is 0 Å². The molecule has 19 heavy (non-hydrogen) atoms. The van der Waals surface area contributed by atoms with Gasteiger partial charge in [-0.1, -0.05) is 0 Å². The van der Waals surface area contributed by atoms with Gasteiger partial charge < -0.3 is 9.84 Å². The second kappa shape index (κ2) is 5.94. The van der Waals surface area contributed by atoms with Crippen LogP contribution >= 0.6 is 15.9 Å². The van der Waals surface area contributed by atoms with Crippen molar-refractivity contribution in [3.63, 3.8) is 0 Å². The Bertz CT molecular complexity index is 598. The van der Waals surface area contributed by atoms with Gasteiger partial charge >= 0.3 is 5.97 Å². The van der Waals surface area contributed by atoms with Gasteiger partial charge in [0.05, 0.1) is 30.3 Å². The molecule has 1 N–H and O–H groups in total. The first-order valence-corrected chi connectivity index (χ1v) is 6.33. The Kier molecular flexibility index (Phi) is 4.28. The lowest BCUT2D eigenvalue weighted by atomic mass is 10.2. The van der Waals surface area contributed by atoms with Gasteiger partial charge in [0.15, 0.2) is 0 Å². The Labute approximate surface area is 118 Å². The summed E-state index contributed by atoms with van der Waals surface area (Å²) in [7, 11) is 1.63. The van der Waals surface area contributed by atoms with E-state index in [1.54, 1.807) is 19.5 Å². The molecule has 0 bridgehead atoms. The topological polar surface area (TPSA) is 77.2 Å². The third-order valence-corrected chi connectivity index (χ3v) is 2.99. The van der Waals surface area contributed by atoms with Crippen molar-refractivity contribution in [2.75, 3.05) is 13.7 Å². The third kappa shape index (κ3) is 3.18. The van der Waals surface area contributed by atoms with Gasteiger partial charge in [-0.3, -0.25) is 0 Å². The largest absolute Gasteiger partial charge is 0.478 e. The molecule has 0 saturated heterocycles. The highest BCUT2D eigenvalue weighted by Gasteiger charge is 2.14. The fraction of sp³-hybridized carbons (Fsp3) is 0.250. The van der Waals surface area contributed by atoms with Crippen molar-refractivity contribution in [1.82, 2.24) is 14.8 Å². The van der Waals surface area contributed by atoms with Gasteiger partial charge in [0.1, 0.15) is 4.60 Å². The van der Waals surface area contributed by atoms with Crippen LogP contribution in [0.4, 0.5) is 0 Å². The van der Waals surface area contributed by atoms with Crippen molar-refractivity contribution in [1.29, 1.82) is 0 Å². The van der Waals surface area contributed by atoms with Crippen LogP contribution in [0.15, 0.2) is 29.3 Å². The lowest BCUT2D eigenvalue weighted by molar-refractivity contribution is 0.0696. The molecule has 0 saturated carbocycles. The number of pyridine rings is 1. The van der Waals surface area contributed by atoms with Gasteiger partial charge in [0.25, 0.3) is 0 Å². The summed E-state index contributed by atoms with van der Waals surface area (Å²) < 4.78 is 6.97. The summed E-state index contributed by atoms with van der Waals surface area (Å²) in [6.45, 7) is 0.593. The molecule has 0 spiro atoms. The summed E-state index contributed by atoms with van der Waals surface area (Å²) in [4.78, 5) is 15.3. The maximum absolute atomic E-state index is 11.2. The third-order valence-electron chi connectivity index (χ3n) is 2.56. The van der Waals surface area contributed by atoms with E-state index in [4.69, 9.17) is 4.74 Å². The fourth-order valence-corrected chi connectivity index (χ4v) is 1.95. The first-order valence-electron chi connectivity index (χ1n) is 5.53. The first-order chi connectivity index (χ1) is 9.11. The van der Waals surface area contributed by atoms with Gasteiger partial charge in [0, 0.05) is 13.3 Å². The minimum absolute atomic E-state index is 0.142. The molecule has 0 aliphatic heterocycles. The molecule has 2 aromatic heterocycles. The second-order valence-electron chi connectivity index (χ2n) is 3.87. The maximum Gasteiger partial charge on any atom is 0.338 e. The van der Waals surface area contributed by atoms with E-state index in [9.17, 15) is 9.90 Å². The van der Waals surface area contributed by atoms with Crippen LogP contribution in [-0.2, 0) is 11.2 Å². The molecule has 7 heteroatoms. The van der Waals surface area contributed by atoms with Gasteiger partial charge in [-0.05, 0) is 34.0 Å². The van der Waals surface area contributed by atoms with Crippen molar-refractivity contribution >= 4 is 21.9 Å². The number of aromatic carboxylic acids is 1. The number of rotatable bonds is 5. The second-order valence-corrected chi connectivity index (χ2v) is 4.68. The van der Waals surface area contributed by atoms with Crippen molar-refractivity contribution in [3.05, 3.63) is 40.4 Å². The van der Waals surface area contributed by atoms with Crippen LogP contribution < -0.4 is 0 Å². The summed E-state index contributed by atoms with van der Waals surface area (Å²) in [5, 5.41) is 13.3. The number of carboxylic acids is 1. The summed E-state index contributed by atoms with van der Waals surface area (Å²) in [5.74, 6) is -1.02. The van der Waals surface area contributed by atoms with Crippen molar-refractivity contribution in [2.45, 2.75) is 6.42 Å². The van der Waals surface area contributed by atoms with E-state index in [0.29, 0.717) is 16.9 Å². The van der Waals surface area contributed by atoms with Crippen LogP contribution in [0.3, 0.4) is 0 Å². The van der Waals surface area contributed by atoms with Crippen LogP contribution in [0.5, 0.6) is 0 Å². The van der Waals surface area contributed by atoms with Crippen LogP contribution in [0.25, 0.3) is 5.69 Å². The monoisotopic (exact) mass is 325 g/mol. The van der Waals surface area contributed by atoms with E-state index >= 15 is 0 Å². The highest BCUT2D eigenvalue weighted by atomic mass is 79.9. The SMILES string of the molecule is COCCc1cnn(-c2cnc(Br)cc2C(=O)O)c1. The van der Waals surface area contributed by atoms with E-state index in [2.05, 4.69) is 26.0 Å². The van der Waals surface area contributed by atoms with Gasteiger partial charge in [-0.2, -0.15) is 5.10 Å². The predicted octanol–water partition coefficient (Wildman–Crippen LogP) is 1.92. The van der Waals surface area contributed by atoms with Gasteiger partial charge in [-0.15, -0.1) is 0 Å². The van der Waals surface area contributed by atoms with E-state index in [1.165, 1.54) is 16.9 Å². The van der Waals surface area contributed by atoms with E-state index in [0.717, 1.165) is 12.0 Å². The number of nitrogens with zero attached hydrogens (tertiary/aromatic N) is 3. The van der Waals surface area contributed by atoms with E-state index in [1.807, 2.05) is 0 Å². The smallest absolute Gasteiger partial charge is 0.338 e. The zero-order chi connectivity index (χ0) is 13.8. The predicted molar refractivity (Wildman–Crippen MR) is 71.6 cm³/mol. The summed E-state index contributed by atoms with van der Waals surface area (Å²) >= 11 is 3.16.